The molecule has 2 aliphatic heterocycles. The zero-order chi connectivity index (χ0) is 26.3. The summed E-state index contributed by atoms with van der Waals surface area (Å²) in [6.45, 7) is -1.01. The molecule has 0 aromatic heterocycles. The molecule has 14 nitrogen and oxygen atoms in total. The molecule has 2 fully saturated rings. The van der Waals surface area contributed by atoms with E-state index < -0.39 is 86.6 Å². The number of aliphatic hydroxyl groups is 7. The van der Waals surface area contributed by atoms with Crippen molar-refractivity contribution in [3.8, 4) is 0 Å². The van der Waals surface area contributed by atoms with Crippen LogP contribution >= 0.6 is 0 Å². The maximum atomic E-state index is 10.9. The highest BCUT2D eigenvalue weighted by Crippen LogP contribution is 2.36. The van der Waals surface area contributed by atoms with Gasteiger partial charge in [0.05, 0.1) is 12.2 Å². The average Bonchev–Trinajstić information content (AvgIpc) is 3.09. The Morgan fingerprint density at radius 3 is 2.03 bits per heavy atom. The van der Waals surface area contributed by atoms with Crippen molar-refractivity contribution in [3.63, 3.8) is 0 Å². The van der Waals surface area contributed by atoms with Crippen molar-refractivity contribution >= 4 is 11.9 Å². The number of benzene rings is 1. The minimum atomic E-state index is -2.26. The van der Waals surface area contributed by atoms with Crippen molar-refractivity contribution in [1.29, 1.82) is 0 Å². The molecule has 14 heteroatoms. The molecule has 2 heterocycles. The molecule has 0 saturated carbocycles. The van der Waals surface area contributed by atoms with Crippen LogP contribution in [0.4, 0.5) is 0 Å². The Labute approximate surface area is 199 Å². The van der Waals surface area contributed by atoms with Crippen LogP contribution in [0.2, 0.25) is 0 Å². The third-order valence-corrected chi connectivity index (χ3v) is 5.36. The lowest BCUT2D eigenvalue weighted by atomic mass is 9.99. The van der Waals surface area contributed by atoms with Crippen LogP contribution in [-0.4, -0.2) is 127 Å². The molecule has 2 saturated heterocycles. The van der Waals surface area contributed by atoms with Crippen molar-refractivity contribution in [2.24, 2.45) is 0 Å². The summed E-state index contributed by atoms with van der Waals surface area (Å²) in [6, 6.07) is 8.30. The smallest absolute Gasteiger partial charge is 0.335 e. The van der Waals surface area contributed by atoms with Gasteiger partial charge < -0.3 is 59.8 Å². The number of aliphatic hydroxyl groups excluding tert-OH is 7. The lowest BCUT2D eigenvalue weighted by Crippen LogP contribution is -2.62. The molecule has 1 aromatic rings. The monoisotopic (exact) mass is 506 g/mol. The number of carboxylic acids is 1. The van der Waals surface area contributed by atoms with E-state index in [2.05, 4.69) is 0 Å². The predicted octanol–water partition coefficient (Wildman–Crippen LogP) is -3.44. The largest absolute Gasteiger partial charge is 0.478 e. The molecule has 8 N–H and O–H groups in total. The van der Waals surface area contributed by atoms with Crippen LogP contribution in [0.3, 0.4) is 0 Å². The number of rotatable bonds is 7. The summed E-state index contributed by atoms with van der Waals surface area (Å²) in [7, 11) is 0. The number of carbonyl (C=O) groups excluding carboxylic acids is 1. The topological polar surface area (TPSA) is 233 Å². The molecule has 3 rings (SSSR count). The van der Waals surface area contributed by atoms with E-state index in [0.29, 0.717) is 5.56 Å². The van der Waals surface area contributed by atoms with E-state index >= 15 is 0 Å². The fourth-order valence-electron chi connectivity index (χ4n) is 3.40. The molecule has 198 valence electrons. The van der Waals surface area contributed by atoms with E-state index in [1.54, 1.807) is 30.3 Å². The zero-order valence-electron chi connectivity index (χ0n) is 18.7. The minimum Gasteiger partial charge on any atom is -0.478 e. The van der Waals surface area contributed by atoms with Gasteiger partial charge in [0.15, 0.2) is 6.29 Å². The summed E-state index contributed by atoms with van der Waals surface area (Å²) in [5.74, 6) is -3.81. The number of carboxylic acid groups (broad SMARTS) is 1. The van der Waals surface area contributed by atoms with E-state index in [1.165, 1.54) is 0 Å². The van der Waals surface area contributed by atoms with Crippen LogP contribution in [-0.2, 0) is 23.7 Å². The first-order valence-corrected chi connectivity index (χ1v) is 10.5. The summed E-state index contributed by atoms with van der Waals surface area (Å²) in [5, 5.41) is 76.9. The van der Waals surface area contributed by atoms with Crippen molar-refractivity contribution in [2.75, 3.05) is 19.8 Å². The second-order valence-corrected chi connectivity index (χ2v) is 7.85. The minimum absolute atomic E-state index is 0.331. The number of ether oxygens (including phenoxy) is 4. The quantitative estimate of drug-likeness (QED) is 0.168. The molecule has 0 radical (unpaired) electrons. The van der Waals surface area contributed by atoms with Gasteiger partial charge in [-0.05, 0) is 12.1 Å². The first-order chi connectivity index (χ1) is 16.5. The van der Waals surface area contributed by atoms with Gasteiger partial charge in [-0.25, -0.2) is 4.79 Å². The Kier molecular flexibility index (Phi) is 10.5. The normalized spacial score (nSPS) is 36.7. The summed E-state index contributed by atoms with van der Waals surface area (Å²) in [6.07, 6.45) is -12.9. The van der Waals surface area contributed by atoms with Crippen LogP contribution < -0.4 is 0 Å². The van der Waals surface area contributed by atoms with Gasteiger partial charge in [0.25, 0.3) is 0 Å². The van der Waals surface area contributed by atoms with Crippen molar-refractivity contribution in [3.05, 3.63) is 35.9 Å². The number of hydrogen-bond donors (Lipinski definition) is 8. The van der Waals surface area contributed by atoms with Gasteiger partial charge >= 0.3 is 11.9 Å². The van der Waals surface area contributed by atoms with Crippen LogP contribution in [0, 0.1) is 0 Å². The summed E-state index contributed by atoms with van der Waals surface area (Å²) in [5.41, 5.74) is 0.331. The molecule has 9 atom stereocenters. The van der Waals surface area contributed by atoms with Gasteiger partial charge in [0.1, 0.15) is 55.9 Å². The van der Waals surface area contributed by atoms with Crippen molar-refractivity contribution in [2.45, 2.75) is 61.7 Å². The van der Waals surface area contributed by atoms with E-state index in [9.17, 15) is 40.2 Å². The van der Waals surface area contributed by atoms with E-state index in [4.69, 9.17) is 29.2 Å². The third kappa shape index (κ3) is 6.92. The highest BCUT2D eigenvalue weighted by atomic mass is 16.8. The Morgan fingerprint density at radius 2 is 1.57 bits per heavy atom. The lowest BCUT2D eigenvalue weighted by Gasteiger charge is -2.43. The molecule has 2 aliphatic rings. The van der Waals surface area contributed by atoms with Crippen molar-refractivity contribution in [1.82, 2.24) is 0 Å². The molecular weight excluding hydrogens is 476 g/mol. The Morgan fingerprint density at radius 1 is 0.943 bits per heavy atom. The van der Waals surface area contributed by atoms with Gasteiger partial charge in [0, 0.05) is 6.92 Å². The Bertz CT molecular complexity index is 821. The predicted molar refractivity (Wildman–Crippen MR) is 112 cm³/mol. The van der Waals surface area contributed by atoms with Crippen LogP contribution in [0.1, 0.15) is 17.3 Å². The molecule has 0 amide bonds. The average molecular weight is 506 g/mol. The maximum Gasteiger partial charge on any atom is 0.335 e. The summed E-state index contributed by atoms with van der Waals surface area (Å²) >= 11 is 0. The van der Waals surface area contributed by atoms with Crippen LogP contribution in [0.25, 0.3) is 0 Å². The fourth-order valence-corrected chi connectivity index (χ4v) is 3.40. The van der Waals surface area contributed by atoms with E-state index in [1.807, 2.05) is 0 Å². The second-order valence-electron chi connectivity index (χ2n) is 7.85. The Hall–Kier alpha value is -2.24. The Balaban J connectivity index is 0.000000402. The van der Waals surface area contributed by atoms with Crippen LogP contribution in [0.15, 0.2) is 30.3 Å². The fraction of sp³-hybridized carbons (Fsp3) is 0.619. The zero-order valence-corrected chi connectivity index (χ0v) is 18.7. The summed E-state index contributed by atoms with van der Waals surface area (Å²) < 4.78 is 20.4. The number of esters is 1. The van der Waals surface area contributed by atoms with Crippen LogP contribution in [0.5, 0.6) is 0 Å². The molecule has 0 spiro atoms. The highest BCUT2D eigenvalue weighted by Gasteiger charge is 2.58. The number of hydrogen-bond acceptors (Lipinski definition) is 13. The van der Waals surface area contributed by atoms with Gasteiger partial charge in [-0.15, -0.1) is 0 Å². The van der Waals surface area contributed by atoms with Gasteiger partial charge in [-0.3, -0.25) is 4.79 Å². The molecule has 1 aromatic carbocycles. The second kappa shape index (κ2) is 12.6. The first-order valence-electron chi connectivity index (χ1n) is 10.5. The van der Waals surface area contributed by atoms with Gasteiger partial charge in [-0.2, -0.15) is 0 Å². The highest BCUT2D eigenvalue weighted by molar-refractivity contribution is 5.87. The molecular formula is C21H30O14. The van der Waals surface area contributed by atoms with Crippen molar-refractivity contribution < 1.29 is 69.4 Å². The molecule has 35 heavy (non-hydrogen) atoms. The van der Waals surface area contributed by atoms with Gasteiger partial charge in [-0.1, -0.05) is 18.2 Å². The number of carbonyl (C=O) groups is 2. The standard InChI is InChI=1S/C14H24O12.C7H6O2/c1-5(17)23-3-7-8(18)10(20)11(21)13(24-7)26-14(4-16)12(22)9(19)6(2-15)25-14;8-7(9)6-4-2-1-3-5-6/h6-13,15-16,18-22H,2-4H2,1H3;1-5H,(H,8,9)/t6-,7-,8-,9-,10+,11-,12+,13-,14+;/m1./s1. The van der Waals surface area contributed by atoms with E-state index in [0.717, 1.165) is 6.92 Å². The molecule has 0 bridgehead atoms. The SMILES string of the molecule is CC(=O)OC[C@H]1O[C@H](O[C@]2(CO)O[C@H](CO)[C@@H](O)[C@@H]2O)[C@H](O)[C@@H](O)[C@@H]1O.O=C(O)c1ccccc1. The lowest BCUT2D eigenvalue weighted by molar-refractivity contribution is -0.383. The third-order valence-electron chi connectivity index (χ3n) is 5.36. The van der Waals surface area contributed by atoms with Gasteiger partial charge in [0.2, 0.25) is 5.79 Å². The first kappa shape index (κ1) is 29.0. The number of aromatic carboxylic acids is 1. The summed E-state index contributed by atoms with van der Waals surface area (Å²) in [4.78, 5) is 21.1. The maximum absolute atomic E-state index is 10.9. The van der Waals surface area contributed by atoms with E-state index in [-0.39, 0.29) is 0 Å². The molecule has 0 unspecified atom stereocenters. The molecule has 0 aliphatic carbocycles.